The summed E-state index contributed by atoms with van der Waals surface area (Å²) in [5.74, 6) is -7.44. The Bertz CT molecular complexity index is 2220. The van der Waals surface area contributed by atoms with Crippen molar-refractivity contribution in [3.05, 3.63) is 54.3 Å². The van der Waals surface area contributed by atoms with Crippen molar-refractivity contribution in [1.82, 2.24) is 46.4 Å². The number of nitrogens with two attached hydrogens (primary N) is 1. The van der Waals surface area contributed by atoms with E-state index in [1.165, 1.54) is 40.2 Å². The summed E-state index contributed by atoms with van der Waals surface area (Å²) in [6, 6.07) is 0.871. The van der Waals surface area contributed by atoms with E-state index in [4.69, 9.17) is 15.2 Å². The van der Waals surface area contributed by atoms with Gasteiger partial charge < -0.3 is 56.7 Å². The van der Waals surface area contributed by atoms with Crippen LogP contribution in [-0.2, 0) is 65.6 Å². The minimum Gasteiger partial charge on any atom is -0.466 e. The van der Waals surface area contributed by atoms with E-state index in [0.717, 1.165) is 32.1 Å². The highest BCUT2D eigenvalue weighted by molar-refractivity contribution is 7.99. The maximum Gasteiger partial charge on any atom is 0.340 e. The number of nitrogens with one attached hydrogen (secondary N) is 7. The van der Waals surface area contributed by atoms with Crippen molar-refractivity contribution >= 4 is 81.4 Å². The van der Waals surface area contributed by atoms with Gasteiger partial charge >= 0.3 is 11.9 Å². The Kier molecular flexibility index (Phi) is 17.8. The topological polar surface area (TPSA) is 304 Å². The highest BCUT2D eigenvalue weighted by atomic mass is 32.2. The molecule has 1 aromatic carbocycles. The number of methoxy groups -OCH3 is 2. The molecule has 21 nitrogen and oxygen atoms in total. The molecule has 1 aliphatic rings. The number of carbonyl (C=O) groups is 9. The zero-order chi connectivity index (χ0) is 46.4. The fourth-order valence-electron chi connectivity index (χ4n) is 6.65. The number of benzene rings is 1. The van der Waals surface area contributed by atoms with Crippen LogP contribution in [0.3, 0.4) is 0 Å². The van der Waals surface area contributed by atoms with Crippen LogP contribution in [0.5, 0.6) is 0 Å². The average Bonchev–Trinajstić information content (AvgIpc) is 3.88. The molecular formula is C41H54N10O11S. The van der Waals surface area contributed by atoms with Crippen LogP contribution in [0.15, 0.2) is 47.9 Å². The Hall–Kier alpha value is -6.71. The van der Waals surface area contributed by atoms with Gasteiger partial charge in [0, 0.05) is 60.9 Å². The van der Waals surface area contributed by atoms with Crippen molar-refractivity contribution < 1.29 is 52.6 Å². The minimum absolute atomic E-state index is 0.0384. The molecule has 340 valence electrons. The summed E-state index contributed by atoms with van der Waals surface area (Å²) in [7, 11) is 2.31. The predicted molar refractivity (Wildman–Crippen MR) is 229 cm³/mol. The van der Waals surface area contributed by atoms with Crippen molar-refractivity contribution in [2.75, 3.05) is 26.5 Å². The molecule has 2 aromatic heterocycles. The van der Waals surface area contributed by atoms with E-state index in [-0.39, 0.29) is 48.9 Å². The van der Waals surface area contributed by atoms with Crippen molar-refractivity contribution in [2.45, 2.75) is 95.2 Å². The number of aromatic amines is 1. The zero-order valence-electron chi connectivity index (χ0n) is 35.8. The molecule has 9 N–H and O–H groups in total. The Morgan fingerprint density at radius 3 is 2.10 bits per heavy atom. The second-order valence-electron chi connectivity index (χ2n) is 14.9. The third-order valence-corrected chi connectivity index (χ3v) is 11.3. The molecule has 3 heterocycles. The Morgan fingerprint density at radius 2 is 1.52 bits per heavy atom. The standard InChI is InChI=1S/C41H54N10O11S/c1-21-35(55)47-23(3)37(57)50-31(39(59)49-30(34(42)54)15-26-18-43-20-45-26)19-63-40-28-13-8-7-12-27(28)33(29(41(60)62-6)16-32(53)61-5)51(40)14-10-9-11-25(17-44-24(4)52)38(58)48-22(2)36(56)46-21/h7-8,12-13,16,18,20-23,25,30-31H,9-11,14-15,17,19H2,1-6H3,(H2,42,54)(H,43,45)(H,44,52)(H,46,56)(H,47,55)(H,48,58)(H,49,59)(H,50,57)/b29-16-/t21-,22-,23-,25?,30-,31-/m0/s1. The third-order valence-electron chi connectivity index (χ3n) is 10.1. The number of fused-ring (bicyclic) bond motifs is 3. The molecule has 7 amide bonds. The van der Waals surface area contributed by atoms with E-state index in [1.807, 2.05) is 0 Å². The molecule has 3 aromatic rings. The lowest BCUT2D eigenvalue weighted by Crippen LogP contribution is -2.58. The monoisotopic (exact) mass is 894 g/mol. The largest absolute Gasteiger partial charge is 0.466 e. The molecule has 0 saturated carbocycles. The van der Waals surface area contributed by atoms with Crippen LogP contribution in [0.4, 0.5) is 0 Å². The van der Waals surface area contributed by atoms with E-state index < -0.39 is 83.5 Å². The molecule has 4 rings (SSSR count). The van der Waals surface area contributed by atoms with Crippen LogP contribution >= 0.6 is 11.8 Å². The first-order valence-electron chi connectivity index (χ1n) is 20.1. The molecule has 63 heavy (non-hydrogen) atoms. The Balaban J connectivity index is 1.86. The third kappa shape index (κ3) is 13.4. The first kappa shape index (κ1) is 49.0. The molecule has 1 unspecified atom stereocenters. The quantitative estimate of drug-likeness (QED) is 0.0927. The van der Waals surface area contributed by atoms with Crippen molar-refractivity contribution in [1.29, 1.82) is 0 Å². The summed E-state index contributed by atoms with van der Waals surface area (Å²) < 4.78 is 11.8. The average molecular weight is 895 g/mol. The number of ether oxygens (including phenoxy) is 2. The number of thioether (sulfide) groups is 1. The highest BCUT2D eigenvalue weighted by Crippen LogP contribution is 2.38. The van der Waals surface area contributed by atoms with Gasteiger partial charge in [-0.3, -0.25) is 33.6 Å². The summed E-state index contributed by atoms with van der Waals surface area (Å²) in [5, 5.41) is 17.3. The SMILES string of the molecule is COC(=O)/C=C(\C(=O)OC)c1c2ccccc2c2n1CCCCC(CNC(C)=O)C(=O)N[C@@H](C)C(=O)N[C@@H](C)C(=O)N[C@@H](C)C(=O)N[C@H](C(=O)N[C@@H](Cc1cnc[nH]1)C(N)=O)CS2. The van der Waals surface area contributed by atoms with Gasteiger partial charge in [0.2, 0.25) is 41.4 Å². The van der Waals surface area contributed by atoms with E-state index in [0.29, 0.717) is 34.3 Å². The number of esters is 2. The fraction of sp³-hybridized carbons (Fsp3) is 0.463. The van der Waals surface area contributed by atoms with Gasteiger partial charge in [0.15, 0.2) is 0 Å². The van der Waals surface area contributed by atoms with Gasteiger partial charge in [0.05, 0.1) is 42.8 Å². The lowest BCUT2D eigenvalue weighted by atomic mass is 10.00. The normalized spacial score (nSPS) is 21.5. The molecule has 0 bridgehead atoms. The van der Waals surface area contributed by atoms with E-state index in [9.17, 15) is 43.2 Å². The summed E-state index contributed by atoms with van der Waals surface area (Å²) >= 11 is 1.12. The molecule has 0 spiro atoms. The molecule has 0 fully saturated rings. The Morgan fingerprint density at radius 1 is 0.905 bits per heavy atom. The smallest absolute Gasteiger partial charge is 0.340 e. The molecular weight excluding hydrogens is 841 g/mol. The summed E-state index contributed by atoms with van der Waals surface area (Å²) in [4.78, 5) is 125. The summed E-state index contributed by atoms with van der Waals surface area (Å²) in [6.07, 6.45) is 4.80. The van der Waals surface area contributed by atoms with Crippen molar-refractivity contribution in [2.24, 2.45) is 11.7 Å². The number of imidazole rings is 1. The van der Waals surface area contributed by atoms with Crippen LogP contribution in [-0.4, -0.2) is 125 Å². The van der Waals surface area contributed by atoms with Gasteiger partial charge in [-0.1, -0.05) is 30.7 Å². The number of H-pyrrole nitrogens is 1. The number of carbonyl (C=O) groups excluding carboxylic acids is 9. The zero-order valence-corrected chi connectivity index (χ0v) is 36.6. The molecule has 22 heteroatoms. The van der Waals surface area contributed by atoms with E-state index in [2.05, 4.69) is 41.9 Å². The summed E-state index contributed by atoms with van der Waals surface area (Å²) in [6.45, 7) is 5.63. The number of nitrogens with zero attached hydrogens (tertiary/aromatic N) is 2. The maximum absolute atomic E-state index is 14.1. The van der Waals surface area contributed by atoms with Crippen LogP contribution < -0.4 is 37.6 Å². The van der Waals surface area contributed by atoms with Gasteiger partial charge in [0.1, 0.15) is 30.2 Å². The molecule has 6 atom stereocenters. The number of aromatic nitrogens is 3. The maximum atomic E-state index is 14.1. The lowest BCUT2D eigenvalue weighted by Gasteiger charge is -2.24. The van der Waals surface area contributed by atoms with Crippen molar-refractivity contribution in [3.8, 4) is 0 Å². The molecule has 0 saturated heterocycles. The van der Waals surface area contributed by atoms with Crippen LogP contribution in [0.1, 0.15) is 58.3 Å². The van der Waals surface area contributed by atoms with Gasteiger partial charge in [-0.15, -0.1) is 11.8 Å². The summed E-state index contributed by atoms with van der Waals surface area (Å²) in [5.41, 5.74) is 6.32. The van der Waals surface area contributed by atoms with Crippen LogP contribution in [0, 0.1) is 5.92 Å². The number of hydrogen-bond acceptors (Lipinski definition) is 13. The van der Waals surface area contributed by atoms with Gasteiger partial charge in [-0.05, 0) is 33.6 Å². The van der Waals surface area contributed by atoms with E-state index >= 15 is 0 Å². The molecule has 0 aliphatic carbocycles. The number of hydrogen-bond donors (Lipinski definition) is 8. The van der Waals surface area contributed by atoms with Crippen LogP contribution in [0.2, 0.25) is 0 Å². The molecule has 1 aliphatic heterocycles. The number of primary amides is 1. The van der Waals surface area contributed by atoms with E-state index in [1.54, 1.807) is 28.8 Å². The number of amides is 7. The van der Waals surface area contributed by atoms with Crippen LogP contribution in [0.25, 0.3) is 16.3 Å². The van der Waals surface area contributed by atoms with Crippen molar-refractivity contribution in [3.63, 3.8) is 0 Å². The number of rotatable bonds is 10. The fourth-order valence-corrected chi connectivity index (χ4v) is 7.88. The first-order valence-corrected chi connectivity index (χ1v) is 21.1. The predicted octanol–water partition coefficient (Wildman–Crippen LogP) is -0.666. The lowest BCUT2D eigenvalue weighted by molar-refractivity contribution is -0.136. The van der Waals surface area contributed by atoms with Gasteiger partial charge in [0.25, 0.3) is 0 Å². The van der Waals surface area contributed by atoms with Gasteiger partial charge in [-0.2, -0.15) is 0 Å². The first-order chi connectivity index (χ1) is 29.9. The van der Waals surface area contributed by atoms with Gasteiger partial charge in [-0.25, -0.2) is 14.6 Å². The highest BCUT2D eigenvalue weighted by Gasteiger charge is 2.32. The minimum atomic E-state index is -1.37. The molecule has 0 radical (unpaired) electrons. The second-order valence-corrected chi connectivity index (χ2v) is 15.9. The Labute approximate surface area is 367 Å². The second kappa shape index (κ2) is 22.9.